The topological polar surface area (TPSA) is 86.8 Å². The second-order valence-electron chi connectivity index (χ2n) is 9.37. The Hall–Kier alpha value is -3.07. The number of nitrogens with one attached hydrogen (secondary N) is 1. The SMILES string of the molecule is CCCNC(=O)[C@@H](Cc1ccccc1)N(Cc1ccc(C)cc1)C(=O)CN(c1ccc(Cl)cc1Cl)S(C)(=O)=O. The van der Waals surface area contributed by atoms with Crippen LogP contribution in [0.5, 0.6) is 0 Å². The number of rotatable bonds is 12. The van der Waals surface area contributed by atoms with E-state index in [1.165, 1.54) is 23.1 Å². The summed E-state index contributed by atoms with van der Waals surface area (Å²) in [4.78, 5) is 28.9. The summed E-state index contributed by atoms with van der Waals surface area (Å²) in [7, 11) is -3.92. The van der Waals surface area contributed by atoms with Crippen molar-refractivity contribution in [2.45, 2.75) is 39.3 Å². The van der Waals surface area contributed by atoms with Gasteiger partial charge in [-0.2, -0.15) is 0 Å². The normalized spacial score (nSPS) is 12.0. The van der Waals surface area contributed by atoms with Crippen molar-refractivity contribution >= 4 is 50.7 Å². The van der Waals surface area contributed by atoms with Gasteiger partial charge in [0, 0.05) is 24.5 Å². The van der Waals surface area contributed by atoms with Crippen molar-refractivity contribution in [3.8, 4) is 0 Å². The van der Waals surface area contributed by atoms with Gasteiger partial charge in [0.2, 0.25) is 21.8 Å². The van der Waals surface area contributed by atoms with Crippen LogP contribution in [-0.2, 0) is 32.6 Å². The van der Waals surface area contributed by atoms with Crippen LogP contribution in [0.2, 0.25) is 10.0 Å². The Labute approximate surface area is 240 Å². The summed E-state index contributed by atoms with van der Waals surface area (Å²) in [6.07, 6.45) is 1.99. The summed E-state index contributed by atoms with van der Waals surface area (Å²) in [6, 6.07) is 20.6. The van der Waals surface area contributed by atoms with Gasteiger partial charge in [0.05, 0.1) is 17.0 Å². The standard InChI is InChI=1S/C29H33Cl2N3O4S/c1-4-16-32-29(36)27(17-22-8-6-5-7-9-22)33(19-23-12-10-21(2)11-13-23)28(35)20-34(39(3,37)38)26-15-14-24(30)18-25(26)31/h5-15,18,27H,4,16-17,19-20H2,1-3H3,(H,32,36)/t27-/m1/s1. The van der Waals surface area contributed by atoms with E-state index in [0.29, 0.717) is 11.6 Å². The van der Waals surface area contributed by atoms with Crippen molar-refractivity contribution in [1.82, 2.24) is 10.2 Å². The highest BCUT2D eigenvalue weighted by Crippen LogP contribution is 2.30. The molecule has 0 bridgehead atoms. The third kappa shape index (κ3) is 8.71. The molecule has 0 radical (unpaired) electrons. The fourth-order valence-electron chi connectivity index (χ4n) is 4.09. The molecule has 0 heterocycles. The van der Waals surface area contributed by atoms with Crippen molar-refractivity contribution in [2.24, 2.45) is 0 Å². The summed E-state index contributed by atoms with van der Waals surface area (Å²) < 4.78 is 26.6. The molecule has 2 amide bonds. The van der Waals surface area contributed by atoms with Crippen LogP contribution in [0.3, 0.4) is 0 Å². The Morgan fingerprint density at radius 2 is 1.62 bits per heavy atom. The van der Waals surface area contributed by atoms with Gasteiger partial charge in [0.25, 0.3) is 0 Å². The molecule has 3 aromatic carbocycles. The van der Waals surface area contributed by atoms with Crippen LogP contribution in [0.15, 0.2) is 72.8 Å². The quantitative estimate of drug-likeness (QED) is 0.313. The lowest BCUT2D eigenvalue weighted by molar-refractivity contribution is -0.140. The monoisotopic (exact) mass is 589 g/mol. The smallest absolute Gasteiger partial charge is 0.244 e. The van der Waals surface area contributed by atoms with Crippen molar-refractivity contribution in [1.29, 1.82) is 0 Å². The van der Waals surface area contributed by atoms with E-state index < -0.39 is 28.5 Å². The molecule has 10 heteroatoms. The van der Waals surface area contributed by atoms with Gasteiger partial charge in [0.15, 0.2) is 0 Å². The molecule has 1 atom stereocenters. The Morgan fingerprint density at radius 1 is 0.949 bits per heavy atom. The third-order valence-corrected chi connectivity index (χ3v) is 7.82. The van der Waals surface area contributed by atoms with Crippen LogP contribution in [-0.4, -0.2) is 50.5 Å². The van der Waals surface area contributed by atoms with E-state index in [2.05, 4.69) is 5.32 Å². The summed E-state index contributed by atoms with van der Waals surface area (Å²) in [5, 5.41) is 3.34. The number of amides is 2. The van der Waals surface area contributed by atoms with E-state index in [-0.39, 0.29) is 29.6 Å². The molecule has 0 spiro atoms. The van der Waals surface area contributed by atoms with E-state index in [1.54, 1.807) is 0 Å². The number of halogens is 2. The van der Waals surface area contributed by atoms with Crippen LogP contribution < -0.4 is 9.62 Å². The maximum absolute atomic E-state index is 14.0. The first-order valence-electron chi connectivity index (χ1n) is 12.6. The number of benzene rings is 3. The molecule has 0 saturated carbocycles. The average Bonchev–Trinajstić information content (AvgIpc) is 2.89. The highest BCUT2D eigenvalue weighted by atomic mass is 35.5. The van der Waals surface area contributed by atoms with E-state index in [4.69, 9.17) is 23.2 Å². The largest absolute Gasteiger partial charge is 0.354 e. The molecule has 208 valence electrons. The Kier molecular flexibility index (Phi) is 10.8. The first-order valence-corrected chi connectivity index (χ1v) is 15.2. The molecule has 0 aromatic heterocycles. The first-order chi connectivity index (χ1) is 18.5. The molecule has 1 N–H and O–H groups in total. The molecule has 0 fully saturated rings. The summed E-state index contributed by atoms with van der Waals surface area (Å²) in [6.45, 7) is 3.93. The van der Waals surface area contributed by atoms with Gasteiger partial charge < -0.3 is 10.2 Å². The van der Waals surface area contributed by atoms with Crippen molar-refractivity contribution < 1.29 is 18.0 Å². The zero-order chi connectivity index (χ0) is 28.6. The molecule has 3 rings (SSSR count). The Balaban J connectivity index is 2.05. The van der Waals surface area contributed by atoms with Crippen molar-refractivity contribution in [3.63, 3.8) is 0 Å². The highest BCUT2D eigenvalue weighted by molar-refractivity contribution is 7.92. The van der Waals surface area contributed by atoms with Gasteiger partial charge in [-0.25, -0.2) is 8.42 Å². The number of hydrogen-bond acceptors (Lipinski definition) is 4. The fraction of sp³-hybridized carbons (Fsp3) is 0.310. The van der Waals surface area contributed by atoms with Gasteiger partial charge in [-0.05, 0) is 42.7 Å². The Morgan fingerprint density at radius 3 is 2.21 bits per heavy atom. The number of carbonyl (C=O) groups is 2. The molecule has 39 heavy (non-hydrogen) atoms. The van der Waals surface area contributed by atoms with E-state index in [0.717, 1.165) is 33.7 Å². The molecule has 0 aliphatic heterocycles. The van der Waals surface area contributed by atoms with Gasteiger partial charge >= 0.3 is 0 Å². The van der Waals surface area contributed by atoms with Crippen LogP contribution in [0.1, 0.15) is 30.0 Å². The zero-order valence-corrected chi connectivity index (χ0v) is 24.6. The molecule has 7 nitrogen and oxygen atoms in total. The molecular formula is C29H33Cl2N3O4S. The lowest BCUT2D eigenvalue weighted by atomic mass is 10.0. The Bertz CT molecular complexity index is 1380. The number of hydrogen-bond donors (Lipinski definition) is 1. The molecule has 3 aromatic rings. The number of anilines is 1. The third-order valence-electron chi connectivity index (χ3n) is 6.15. The first kappa shape index (κ1) is 30.5. The van der Waals surface area contributed by atoms with E-state index >= 15 is 0 Å². The minimum Gasteiger partial charge on any atom is -0.354 e. The lowest BCUT2D eigenvalue weighted by Crippen LogP contribution is -2.53. The van der Waals surface area contributed by atoms with Gasteiger partial charge in [-0.3, -0.25) is 13.9 Å². The number of nitrogens with zero attached hydrogens (tertiary/aromatic N) is 2. The van der Waals surface area contributed by atoms with Crippen LogP contribution in [0.4, 0.5) is 5.69 Å². The van der Waals surface area contributed by atoms with Gasteiger partial charge in [0.1, 0.15) is 12.6 Å². The molecule has 0 unspecified atom stereocenters. The summed E-state index contributed by atoms with van der Waals surface area (Å²) >= 11 is 12.4. The maximum Gasteiger partial charge on any atom is 0.244 e. The summed E-state index contributed by atoms with van der Waals surface area (Å²) in [5.41, 5.74) is 2.86. The second kappa shape index (κ2) is 13.8. The number of sulfonamides is 1. The van der Waals surface area contributed by atoms with Crippen molar-refractivity contribution in [3.05, 3.63) is 99.5 Å². The minimum atomic E-state index is -3.92. The maximum atomic E-state index is 14.0. The average molecular weight is 591 g/mol. The number of aryl methyl sites for hydroxylation is 1. The number of carbonyl (C=O) groups excluding carboxylic acids is 2. The summed E-state index contributed by atoms with van der Waals surface area (Å²) in [5.74, 6) is -0.851. The lowest BCUT2D eigenvalue weighted by Gasteiger charge is -2.33. The predicted molar refractivity (Wildman–Crippen MR) is 158 cm³/mol. The minimum absolute atomic E-state index is 0.0901. The van der Waals surface area contributed by atoms with E-state index in [1.807, 2.05) is 68.4 Å². The van der Waals surface area contributed by atoms with Crippen molar-refractivity contribution in [2.75, 3.05) is 23.7 Å². The molecular weight excluding hydrogens is 557 g/mol. The van der Waals surface area contributed by atoms with Crippen LogP contribution >= 0.6 is 23.2 Å². The zero-order valence-electron chi connectivity index (χ0n) is 22.2. The predicted octanol–water partition coefficient (Wildman–Crippen LogP) is 5.23. The highest BCUT2D eigenvalue weighted by Gasteiger charge is 2.33. The van der Waals surface area contributed by atoms with Crippen LogP contribution in [0.25, 0.3) is 0 Å². The molecule has 0 aliphatic carbocycles. The molecule has 0 aliphatic rings. The molecule has 0 saturated heterocycles. The van der Waals surface area contributed by atoms with E-state index in [9.17, 15) is 18.0 Å². The fourth-order valence-corrected chi connectivity index (χ4v) is 5.51. The van der Waals surface area contributed by atoms with Gasteiger partial charge in [-0.15, -0.1) is 0 Å². The second-order valence-corrected chi connectivity index (χ2v) is 12.1. The van der Waals surface area contributed by atoms with Crippen LogP contribution in [0, 0.1) is 6.92 Å². The van der Waals surface area contributed by atoms with Gasteiger partial charge in [-0.1, -0.05) is 90.3 Å².